The first-order chi connectivity index (χ1) is 9.54. The van der Waals surface area contributed by atoms with Crippen LogP contribution in [0.15, 0.2) is 17.8 Å². The first kappa shape index (κ1) is 14.8. The van der Waals surface area contributed by atoms with Gasteiger partial charge in [-0.2, -0.15) is 5.10 Å². The van der Waals surface area contributed by atoms with Gasteiger partial charge < -0.3 is 9.64 Å². The molecule has 1 aromatic rings. The Morgan fingerprint density at radius 2 is 2.25 bits per heavy atom. The fraction of sp³-hybridized carbons (Fsp3) is 0.600. The van der Waals surface area contributed by atoms with Crippen molar-refractivity contribution in [2.75, 3.05) is 26.8 Å². The summed E-state index contributed by atoms with van der Waals surface area (Å²) in [5.74, 6) is 0.120. The summed E-state index contributed by atoms with van der Waals surface area (Å²) in [7, 11) is 1.71. The van der Waals surface area contributed by atoms with E-state index in [0.29, 0.717) is 19.2 Å². The van der Waals surface area contributed by atoms with Crippen LogP contribution in [0.4, 0.5) is 0 Å². The fourth-order valence-electron chi connectivity index (χ4n) is 2.63. The average Bonchev–Trinajstić information content (AvgIpc) is 2.88. The molecule has 0 spiro atoms. The van der Waals surface area contributed by atoms with E-state index in [9.17, 15) is 4.79 Å². The molecule has 0 N–H and O–H groups in total. The van der Waals surface area contributed by atoms with Crippen LogP contribution in [0.25, 0.3) is 5.57 Å². The van der Waals surface area contributed by atoms with Gasteiger partial charge in [0.25, 0.3) is 0 Å². The summed E-state index contributed by atoms with van der Waals surface area (Å²) in [5.41, 5.74) is 3.55. The van der Waals surface area contributed by atoms with Gasteiger partial charge in [0.2, 0.25) is 5.91 Å². The molecule has 110 valence electrons. The molecule has 1 amide bonds. The summed E-state index contributed by atoms with van der Waals surface area (Å²) in [6.07, 6.45) is 2.69. The van der Waals surface area contributed by atoms with Gasteiger partial charge in [0, 0.05) is 39.4 Å². The molecule has 0 unspecified atom stereocenters. The van der Waals surface area contributed by atoms with Gasteiger partial charge in [0.1, 0.15) is 0 Å². The highest BCUT2D eigenvalue weighted by Gasteiger charge is 2.24. The summed E-state index contributed by atoms with van der Waals surface area (Å²) < 4.78 is 7.32. The van der Waals surface area contributed by atoms with Crippen LogP contribution in [0.3, 0.4) is 0 Å². The first-order valence-electron chi connectivity index (χ1n) is 7.03. The molecule has 0 aliphatic carbocycles. The highest BCUT2D eigenvalue weighted by molar-refractivity contribution is 5.78. The van der Waals surface area contributed by atoms with E-state index in [1.807, 2.05) is 21.8 Å². The van der Waals surface area contributed by atoms with Crippen LogP contribution < -0.4 is 0 Å². The molecule has 2 rings (SSSR count). The molecule has 0 bridgehead atoms. The molecule has 1 aromatic heterocycles. The Morgan fingerprint density at radius 3 is 2.85 bits per heavy atom. The van der Waals surface area contributed by atoms with Crippen molar-refractivity contribution in [3.8, 4) is 0 Å². The standard InChI is InChI=1S/C15H23N3O2/c1-11(2)18-15(5-7-16-18)14-9-17(12(3)19)8-6-13(14)10-20-4/h5,7,11H,6,8-10H2,1-4H3. The molecule has 0 saturated carbocycles. The lowest BCUT2D eigenvalue weighted by molar-refractivity contribution is -0.128. The molecule has 0 atom stereocenters. The van der Waals surface area contributed by atoms with E-state index in [0.717, 1.165) is 18.7 Å². The zero-order valence-electron chi connectivity index (χ0n) is 12.7. The molecular weight excluding hydrogens is 254 g/mol. The van der Waals surface area contributed by atoms with Crippen LogP contribution in [-0.2, 0) is 9.53 Å². The molecule has 0 saturated heterocycles. The lowest BCUT2D eigenvalue weighted by Crippen LogP contribution is -2.36. The van der Waals surface area contributed by atoms with E-state index in [-0.39, 0.29) is 5.91 Å². The summed E-state index contributed by atoms with van der Waals surface area (Å²) in [5, 5.41) is 4.39. The van der Waals surface area contributed by atoms with Crippen LogP contribution in [0, 0.1) is 0 Å². The van der Waals surface area contributed by atoms with E-state index in [2.05, 4.69) is 18.9 Å². The zero-order valence-corrected chi connectivity index (χ0v) is 12.7. The lowest BCUT2D eigenvalue weighted by Gasteiger charge is -2.30. The monoisotopic (exact) mass is 277 g/mol. The van der Waals surface area contributed by atoms with E-state index < -0.39 is 0 Å². The Bertz CT molecular complexity index is 517. The number of rotatable bonds is 4. The Morgan fingerprint density at radius 1 is 1.50 bits per heavy atom. The smallest absolute Gasteiger partial charge is 0.219 e. The predicted molar refractivity (Wildman–Crippen MR) is 78.3 cm³/mol. The van der Waals surface area contributed by atoms with Crippen LogP contribution in [-0.4, -0.2) is 47.4 Å². The summed E-state index contributed by atoms with van der Waals surface area (Å²) in [6, 6.07) is 2.32. The number of nitrogens with zero attached hydrogens (tertiary/aromatic N) is 3. The van der Waals surface area contributed by atoms with Crippen molar-refractivity contribution in [1.82, 2.24) is 14.7 Å². The molecular formula is C15H23N3O2. The van der Waals surface area contributed by atoms with Gasteiger partial charge in [-0.3, -0.25) is 9.48 Å². The minimum Gasteiger partial charge on any atom is -0.380 e. The van der Waals surface area contributed by atoms with Crippen molar-refractivity contribution < 1.29 is 9.53 Å². The number of amides is 1. The number of aromatic nitrogens is 2. The lowest BCUT2D eigenvalue weighted by atomic mass is 9.97. The fourth-order valence-corrected chi connectivity index (χ4v) is 2.63. The van der Waals surface area contributed by atoms with Gasteiger partial charge in [-0.1, -0.05) is 0 Å². The van der Waals surface area contributed by atoms with Crippen LogP contribution in [0.1, 0.15) is 38.9 Å². The maximum atomic E-state index is 11.6. The van der Waals surface area contributed by atoms with Gasteiger partial charge in [-0.15, -0.1) is 0 Å². The third kappa shape index (κ3) is 2.93. The van der Waals surface area contributed by atoms with Gasteiger partial charge >= 0.3 is 0 Å². The molecule has 0 radical (unpaired) electrons. The second kappa shape index (κ2) is 6.22. The number of hydrogen-bond acceptors (Lipinski definition) is 3. The highest BCUT2D eigenvalue weighted by Crippen LogP contribution is 2.28. The number of ether oxygens (including phenoxy) is 1. The molecule has 5 heteroatoms. The van der Waals surface area contributed by atoms with E-state index in [1.54, 1.807) is 14.0 Å². The molecule has 1 aliphatic rings. The van der Waals surface area contributed by atoms with Crippen LogP contribution in [0.5, 0.6) is 0 Å². The number of carbonyl (C=O) groups is 1. The zero-order chi connectivity index (χ0) is 14.7. The Kier molecular flexibility index (Phi) is 4.60. The summed E-state index contributed by atoms with van der Waals surface area (Å²) in [6.45, 7) is 7.88. The van der Waals surface area contributed by atoms with Crippen molar-refractivity contribution in [3.05, 3.63) is 23.5 Å². The van der Waals surface area contributed by atoms with Crippen molar-refractivity contribution in [2.45, 2.75) is 33.2 Å². The first-order valence-corrected chi connectivity index (χ1v) is 7.03. The SMILES string of the molecule is COCC1=C(c2ccnn2C(C)C)CN(C(C)=O)CC1. The molecule has 5 nitrogen and oxygen atoms in total. The average molecular weight is 277 g/mol. The maximum absolute atomic E-state index is 11.6. The number of methoxy groups -OCH3 is 1. The van der Waals surface area contributed by atoms with Gasteiger partial charge in [-0.25, -0.2) is 0 Å². The van der Waals surface area contributed by atoms with Gasteiger partial charge in [0.05, 0.1) is 12.3 Å². The van der Waals surface area contributed by atoms with Crippen molar-refractivity contribution in [3.63, 3.8) is 0 Å². The molecule has 0 aromatic carbocycles. The minimum atomic E-state index is 0.120. The van der Waals surface area contributed by atoms with Gasteiger partial charge in [-0.05, 0) is 37.5 Å². The third-order valence-electron chi connectivity index (χ3n) is 3.69. The minimum absolute atomic E-state index is 0.120. The number of carbonyl (C=O) groups excluding carboxylic acids is 1. The van der Waals surface area contributed by atoms with Crippen molar-refractivity contribution in [2.24, 2.45) is 0 Å². The molecule has 2 heterocycles. The summed E-state index contributed by atoms with van der Waals surface area (Å²) >= 11 is 0. The Hall–Kier alpha value is -1.62. The normalized spacial score (nSPS) is 16.1. The molecule has 0 fully saturated rings. The number of hydrogen-bond donors (Lipinski definition) is 0. The molecule has 1 aliphatic heterocycles. The predicted octanol–water partition coefficient (Wildman–Crippen LogP) is 2.12. The van der Waals surface area contributed by atoms with Crippen molar-refractivity contribution in [1.29, 1.82) is 0 Å². The van der Waals surface area contributed by atoms with E-state index >= 15 is 0 Å². The summed E-state index contributed by atoms with van der Waals surface area (Å²) in [4.78, 5) is 13.5. The topological polar surface area (TPSA) is 47.4 Å². The third-order valence-corrected chi connectivity index (χ3v) is 3.69. The quantitative estimate of drug-likeness (QED) is 0.847. The molecule has 20 heavy (non-hydrogen) atoms. The Balaban J connectivity index is 2.40. The second-order valence-corrected chi connectivity index (χ2v) is 5.46. The highest BCUT2D eigenvalue weighted by atomic mass is 16.5. The Labute approximate surface area is 120 Å². The second-order valence-electron chi connectivity index (χ2n) is 5.46. The van der Waals surface area contributed by atoms with E-state index in [1.165, 1.54) is 11.1 Å². The van der Waals surface area contributed by atoms with Gasteiger partial charge in [0.15, 0.2) is 0 Å². The largest absolute Gasteiger partial charge is 0.380 e. The van der Waals surface area contributed by atoms with Crippen LogP contribution in [0.2, 0.25) is 0 Å². The maximum Gasteiger partial charge on any atom is 0.219 e. The van der Waals surface area contributed by atoms with Crippen molar-refractivity contribution >= 4 is 11.5 Å². The van der Waals surface area contributed by atoms with E-state index in [4.69, 9.17) is 4.74 Å². The van der Waals surface area contributed by atoms with Crippen LogP contribution >= 0.6 is 0 Å².